The molecule has 1 saturated heterocycles. The molecule has 26 heavy (non-hydrogen) atoms. The average Bonchev–Trinajstić information content (AvgIpc) is 2.55. The fourth-order valence-corrected chi connectivity index (χ4v) is 3.46. The van der Waals surface area contributed by atoms with Crippen molar-refractivity contribution in [2.75, 3.05) is 13.1 Å². The molecule has 1 unspecified atom stereocenters. The van der Waals surface area contributed by atoms with E-state index in [1.54, 1.807) is 0 Å². The van der Waals surface area contributed by atoms with Gasteiger partial charge in [-0.25, -0.2) is 0 Å². The number of carboxylic acid groups (broad SMARTS) is 1. The number of fused-ring (bicyclic) bond motifs is 1. The van der Waals surface area contributed by atoms with E-state index in [2.05, 4.69) is 49.9 Å². The Bertz CT molecular complexity index is 765. The van der Waals surface area contributed by atoms with Crippen LogP contribution in [0.1, 0.15) is 39.2 Å². The van der Waals surface area contributed by atoms with E-state index in [-0.39, 0.29) is 12.0 Å². The average molecular weight is 355 g/mol. The first kappa shape index (κ1) is 18.7. The molecule has 1 N–H and O–H groups in total. The van der Waals surface area contributed by atoms with Crippen LogP contribution in [0.25, 0.3) is 10.8 Å². The largest absolute Gasteiger partial charge is 0.490 e. The third-order valence-electron chi connectivity index (χ3n) is 5.10. The Hall–Kier alpha value is -2.07. The predicted octanol–water partition coefficient (Wildman–Crippen LogP) is 4.56. The van der Waals surface area contributed by atoms with Crippen LogP contribution in [-0.4, -0.2) is 35.2 Å². The summed E-state index contributed by atoms with van der Waals surface area (Å²) in [5, 5.41) is 11.3. The van der Waals surface area contributed by atoms with Gasteiger partial charge in [0, 0.05) is 25.0 Å². The third kappa shape index (κ3) is 4.55. The lowest BCUT2D eigenvalue weighted by atomic mass is 9.99. The van der Waals surface area contributed by atoms with E-state index in [9.17, 15) is 4.79 Å². The van der Waals surface area contributed by atoms with Crippen LogP contribution < -0.4 is 4.74 Å². The number of nitrogens with zero attached hydrogens (tertiary/aromatic N) is 1. The van der Waals surface area contributed by atoms with Crippen LogP contribution in [0.4, 0.5) is 0 Å². The van der Waals surface area contributed by atoms with Crippen molar-refractivity contribution in [2.45, 2.75) is 46.3 Å². The molecule has 4 nitrogen and oxygen atoms in total. The minimum Gasteiger partial charge on any atom is -0.490 e. The molecule has 0 saturated carbocycles. The van der Waals surface area contributed by atoms with Crippen LogP contribution in [0.3, 0.4) is 0 Å². The Morgan fingerprint density at radius 2 is 1.96 bits per heavy atom. The van der Waals surface area contributed by atoms with Gasteiger partial charge in [0.25, 0.3) is 0 Å². The number of carboxylic acids is 1. The predicted molar refractivity (Wildman–Crippen MR) is 105 cm³/mol. The molecule has 0 radical (unpaired) electrons. The summed E-state index contributed by atoms with van der Waals surface area (Å²) in [6.07, 6.45) is 2.44. The zero-order valence-corrected chi connectivity index (χ0v) is 15.9. The van der Waals surface area contributed by atoms with Crippen molar-refractivity contribution in [1.82, 2.24) is 4.90 Å². The van der Waals surface area contributed by atoms with Crippen LogP contribution >= 0.6 is 0 Å². The lowest BCUT2D eigenvalue weighted by Crippen LogP contribution is -2.49. The van der Waals surface area contributed by atoms with Gasteiger partial charge in [-0.1, -0.05) is 38.1 Å². The number of likely N-dealkylation sites (tertiary alicyclic amines) is 1. The lowest BCUT2D eigenvalue weighted by molar-refractivity contribution is -0.147. The van der Waals surface area contributed by atoms with E-state index in [4.69, 9.17) is 9.84 Å². The molecule has 1 heterocycles. The lowest BCUT2D eigenvalue weighted by Gasteiger charge is -2.36. The zero-order valence-electron chi connectivity index (χ0n) is 15.9. The molecule has 2 aromatic rings. The van der Waals surface area contributed by atoms with Crippen molar-refractivity contribution in [3.8, 4) is 5.75 Å². The number of hydrogen-bond acceptors (Lipinski definition) is 3. The molecule has 140 valence electrons. The van der Waals surface area contributed by atoms with Crippen LogP contribution in [-0.2, 0) is 11.3 Å². The molecule has 0 spiro atoms. The van der Waals surface area contributed by atoms with Crippen LogP contribution in [0.2, 0.25) is 0 Å². The van der Waals surface area contributed by atoms with E-state index in [0.29, 0.717) is 19.0 Å². The maximum Gasteiger partial charge on any atom is 0.309 e. The molecule has 1 fully saturated rings. The summed E-state index contributed by atoms with van der Waals surface area (Å²) in [6.45, 7) is 8.70. The highest BCUT2D eigenvalue weighted by Crippen LogP contribution is 2.29. The molecule has 4 heteroatoms. The van der Waals surface area contributed by atoms with E-state index >= 15 is 0 Å². The topological polar surface area (TPSA) is 49.8 Å². The monoisotopic (exact) mass is 355 g/mol. The number of aliphatic carboxylic acids is 1. The first-order valence-electron chi connectivity index (χ1n) is 9.56. The number of rotatable bonds is 8. The van der Waals surface area contributed by atoms with E-state index in [0.717, 1.165) is 24.1 Å². The van der Waals surface area contributed by atoms with Gasteiger partial charge in [-0.05, 0) is 48.8 Å². The minimum absolute atomic E-state index is 0.205. The molecule has 0 aliphatic carbocycles. The molecule has 1 aliphatic heterocycles. The Morgan fingerprint density at radius 1 is 1.19 bits per heavy atom. The van der Waals surface area contributed by atoms with Gasteiger partial charge in [0.05, 0.1) is 12.0 Å². The Morgan fingerprint density at radius 3 is 2.65 bits per heavy atom. The van der Waals surface area contributed by atoms with E-state index in [1.165, 1.54) is 17.4 Å². The van der Waals surface area contributed by atoms with Gasteiger partial charge in [0.1, 0.15) is 5.75 Å². The number of benzene rings is 2. The van der Waals surface area contributed by atoms with Crippen molar-refractivity contribution in [2.24, 2.45) is 11.8 Å². The summed E-state index contributed by atoms with van der Waals surface area (Å²) >= 11 is 0. The third-order valence-corrected chi connectivity index (χ3v) is 5.10. The van der Waals surface area contributed by atoms with Gasteiger partial charge in [0.2, 0.25) is 0 Å². The van der Waals surface area contributed by atoms with Crippen molar-refractivity contribution in [3.05, 3.63) is 42.0 Å². The summed E-state index contributed by atoms with van der Waals surface area (Å²) in [7, 11) is 0. The van der Waals surface area contributed by atoms with Crippen molar-refractivity contribution >= 4 is 16.7 Å². The summed E-state index contributed by atoms with van der Waals surface area (Å²) in [6, 6.07) is 12.6. The van der Waals surface area contributed by atoms with Crippen molar-refractivity contribution in [3.63, 3.8) is 0 Å². The molecule has 0 amide bonds. The molecule has 0 aromatic heterocycles. The summed E-state index contributed by atoms with van der Waals surface area (Å²) < 4.78 is 6.20. The Kier molecular flexibility index (Phi) is 5.82. The maximum absolute atomic E-state index is 10.9. The molecular formula is C22H29NO3. The molecule has 1 atom stereocenters. The smallest absolute Gasteiger partial charge is 0.309 e. The molecule has 3 rings (SSSR count). The van der Waals surface area contributed by atoms with Crippen LogP contribution in [0.5, 0.6) is 5.75 Å². The SMILES string of the molecule is CC(C)CCC(C)Oc1cccc2cc(CN3CC(C(=O)O)C3)ccc12. The highest BCUT2D eigenvalue weighted by atomic mass is 16.5. The summed E-state index contributed by atoms with van der Waals surface area (Å²) in [5.74, 6) is 0.745. The van der Waals surface area contributed by atoms with Gasteiger partial charge < -0.3 is 9.84 Å². The van der Waals surface area contributed by atoms with Gasteiger partial charge in [-0.15, -0.1) is 0 Å². The zero-order chi connectivity index (χ0) is 18.7. The molecule has 1 aliphatic rings. The standard InChI is InChI=1S/C22H29NO3/c1-15(2)7-8-16(3)26-21-6-4-5-18-11-17(9-10-20(18)21)12-23-13-19(14-23)22(24)25/h4-6,9-11,15-16,19H,7-8,12-14H2,1-3H3,(H,24,25). The Balaban J connectivity index is 1.66. The maximum atomic E-state index is 10.9. The number of hydrogen-bond donors (Lipinski definition) is 1. The quantitative estimate of drug-likeness (QED) is 0.754. The fourth-order valence-electron chi connectivity index (χ4n) is 3.46. The molecule has 2 aromatic carbocycles. The summed E-state index contributed by atoms with van der Waals surface area (Å²) in [5.41, 5.74) is 1.21. The highest BCUT2D eigenvalue weighted by Gasteiger charge is 2.32. The second kappa shape index (κ2) is 8.09. The number of ether oxygens (including phenoxy) is 1. The highest BCUT2D eigenvalue weighted by molar-refractivity contribution is 5.88. The first-order chi connectivity index (χ1) is 12.4. The van der Waals surface area contributed by atoms with Gasteiger partial charge in [-0.2, -0.15) is 0 Å². The van der Waals surface area contributed by atoms with Crippen LogP contribution in [0.15, 0.2) is 36.4 Å². The second-order valence-corrected chi connectivity index (χ2v) is 7.94. The summed E-state index contributed by atoms with van der Waals surface area (Å²) in [4.78, 5) is 13.1. The first-order valence-corrected chi connectivity index (χ1v) is 9.56. The van der Waals surface area contributed by atoms with Crippen LogP contribution in [0, 0.1) is 11.8 Å². The van der Waals surface area contributed by atoms with E-state index < -0.39 is 5.97 Å². The normalized spacial score (nSPS) is 16.6. The Labute approximate surface area is 155 Å². The second-order valence-electron chi connectivity index (χ2n) is 7.94. The fraction of sp³-hybridized carbons (Fsp3) is 0.500. The molecule has 0 bridgehead atoms. The minimum atomic E-state index is -0.687. The van der Waals surface area contributed by atoms with Gasteiger partial charge in [0.15, 0.2) is 0 Å². The molecular weight excluding hydrogens is 326 g/mol. The number of carbonyl (C=O) groups is 1. The van der Waals surface area contributed by atoms with Gasteiger partial charge in [-0.3, -0.25) is 9.69 Å². The van der Waals surface area contributed by atoms with Crippen molar-refractivity contribution < 1.29 is 14.6 Å². The van der Waals surface area contributed by atoms with Gasteiger partial charge >= 0.3 is 5.97 Å². The van der Waals surface area contributed by atoms with Crippen molar-refractivity contribution in [1.29, 1.82) is 0 Å². The van der Waals surface area contributed by atoms with E-state index in [1.807, 2.05) is 12.1 Å².